The van der Waals surface area contributed by atoms with Gasteiger partial charge in [-0.05, 0) is 46.8 Å². The molecule has 1 amide bonds. The molecule has 4 nitrogen and oxygen atoms in total. The first-order valence-electron chi connectivity index (χ1n) is 7.12. The van der Waals surface area contributed by atoms with Crippen LogP contribution in [0, 0.1) is 23.7 Å². The molecule has 1 heterocycles. The predicted octanol–water partition coefficient (Wildman–Crippen LogP) is 3.89. The predicted molar refractivity (Wildman–Crippen MR) is 85.9 cm³/mol. The van der Waals surface area contributed by atoms with Crippen molar-refractivity contribution in [3.8, 4) is 0 Å². The van der Waals surface area contributed by atoms with Gasteiger partial charge >= 0.3 is 5.97 Å². The monoisotopic (exact) mass is 403 g/mol. The molecule has 3 fully saturated rings. The molecule has 2 bridgehead atoms. The van der Waals surface area contributed by atoms with Crippen LogP contribution in [0.4, 0.5) is 5.69 Å². The van der Waals surface area contributed by atoms with Crippen molar-refractivity contribution in [3.05, 3.63) is 26.7 Å². The Labute approximate surface area is 145 Å². The molecule has 5 atom stereocenters. The smallest absolute Gasteiger partial charge is 0.310 e. The van der Waals surface area contributed by atoms with E-state index < -0.39 is 0 Å². The number of esters is 1. The maximum atomic E-state index is 12.7. The second kappa shape index (κ2) is 5.11. The molecule has 0 spiro atoms. The van der Waals surface area contributed by atoms with Crippen LogP contribution in [0.3, 0.4) is 0 Å². The summed E-state index contributed by atoms with van der Waals surface area (Å²) in [6.45, 7) is 0. The van der Waals surface area contributed by atoms with E-state index in [1.807, 2.05) is 0 Å². The van der Waals surface area contributed by atoms with E-state index in [-0.39, 0.29) is 41.7 Å². The fourth-order valence-corrected chi connectivity index (χ4v) is 5.02. The zero-order valence-electron chi connectivity index (χ0n) is 11.3. The fraction of sp³-hybridized carbons (Fsp3) is 0.467. The van der Waals surface area contributed by atoms with Gasteiger partial charge < -0.3 is 10.1 Å². The number of fused-ring (bicyclic) bond motifs is 1. The zero-order chi connectivity index (χ0) is 15.6. The van der Waals surface area contributed by atoms with E-state index >= 15 is 0 Å². The highest BCUT2D eigenvalue weighted by Gasteiger charge is 2.63. The van der Waals surface area contributed by atoms with E-state index in [4.69, 9.17) is 27.9 Å². The molecular formula is C15H12BrCl2NO3. The summed E-state index contributed by atoms with van der Waals surface area (Å²) < 4.78 is 6.02. The van der Waals surface area contributed by atoms with Crippen LogP contribution in [0.2, 0.25) is 10.0 Å². The summed E-state index contributed by atoms with van der Waals surface area (Å²) in [6, 6.07) is 3.42. The Hall–Kier alpha value is -0.780. The molecule has 4 rings (SSSR count). The lowest BCUT2D eigenvalue weighted by atomic mass is 9.79. The van der Waals surface area contributed by atoms with Crippen molar-refractivity contribution in [2.75, 3.05) is 5.32 Å². The summed E-state index contributed by atoms with van der Waals surface area (Å²) in [6.07, 6.45) is 1.71. The summed E-state index contributed by atoms with van der Waals surface area (Å²) >= 11 is 15.5. The molecule has 1 aromatic carbocycles. The number of ether oxygens (including phenoxy) is 1. The molecule has 1 N–H and O–H groups in total. The molecule has 7 heteroatoms. The summed E-state index contributed by atoms with van der Waals surface area (Å²) in [5.41, 5.74) is 0.463. The number of hydrogen-bond acceptors (Lipinski definition) is 3. The quantitative estimate of drug-likeness (QED) is 0.600. The van der Waals surface area contributed by atoms with Gasteiger partial charge in [0.2, 0.25) is 5.91 Å². The maximum absolute atomic E-state index is 12.7. The van der Waals surface area contributed by atoms with Crippen molar-refractivity contribution >= 4 is 56.7 Å². The third kappa shape index (κ3) is 2.02. The first-order chi connectivity index (χ1) is 10.5. The Balaban J connectivity index is 1.59. The lowest BCUT2D eigenvalue weighted by Gasteiger charge is -2.23. The Bertz CT molecular complexity index is 694. The number of hydrogen-bond donors (Lipinski definition) is 1. The Morgan fingerprint density at radius 3 is 2.82 bits per heavy atom. The Kier molecular flexibility index (Phi) is 3.44. The number of carbonyl (C=O) groups is 2. The second-order valence-corrected chi connectivity index (χ2v) is 7.74. The molecule has 1 aromatic rings. The Morgan fingerprint density at radius 2 is 2.05 bits per heavy atom. The van der Waals surface area contributed by atoms with Crippen LogP contribution in [0.5, 0.6) is 0 Å². The van der Waals surface area contributed by atoms with Crippen molar-refractivity contribution in [1.82, 2.24) is 0 Å². The van der Waals surface area contributed by atoms with Crippen LogP contribution in [-0.2, 0) is 14.3 Å². The van der Waals surface area contributed by atoms with Gasteiger partial charge in [-0.1, -0.05) is 23.2 Å². The van der Waals surface area contributed by atoms with Gasteiger partial charge in [-0.3, -0.25) is 9.59 Å². The highest BCUT2D eigenvalue weighted by molar-refractivity contribution is 9.10. The van der Waals surface area contributed by atoms with E-state index in [1.165, 1.54) is 0 Å². The molecule has 1 aliphatic heterocycles. The zero-order valence-corrected chi connectivity index (χ0v) is 14.4. The van der Waals surface area contributed by atoms with Gasteiger partial charge in [-0.25, -0.2) is 0 Å². The third-order valence-corrected chi connectivity index (χ3v) is 6.85. The number of carbonyl (C=O) groups excluding carboxylic acids is 2. The number of benzene rings is 1. The molecular weight excluding hydrogens is 393 g/mol. The van der Waals surface area contributed by atoms with Crippen LogP contribution in [0.25, 0.3) is 0 Å². The SMILES string of the molecule is O=C(Nc1ccc(Br)c(Cl)c1Cl)[C@@H]1[C@H]2C[C@@H]3[C@@H]1C(=O)O[C@@H]3C2. The normalized spacial score (nSPS) is 34.9. The first-order valence-corrected chi connectivity index (χ1v) is 8.67. The number of halogens is 3. The molecule has 2 saturated carbocycles. The number of nitrogens with one attached hydrogen (secondary N) is 1. The van der Waals surface area contributed by atoms with Crippen LogP contribution in [-0.4, -0.2) is 18.0 Å². The molecule has 0 aromatic heterocycles. The number of rotatable bonds is 2. The molecule has 116 valence electrons. The largest absolute Gasteiger partial charge is 0.462 e. The van der Waals surface area contributed by atoms with Crippen molar-refractivity contribution < 1.29 is 14.3 Å². The van der Waals surface area contributed by atoms with Crippen molar-refractivity contribution in [2.45, 2.75) is 18.9 Å². The van der Waals surface area contributed by atoms with Crippen LogP contribution < -0.4 is 5.32 Å². The summed E-state index contributed by atoms with van der Waals surface area (Å²) in [5, 5.41) is 3.47. The second-order valence-electron chi connectivity index (χ2n) is 6.13. The van der Waals surface area contributed by atoms with E-state index in [0.717, 1.165) is 12.8 Å². The topological polar surface area (TPSA) is 55.4 Å². The summed E-state index contributed by atoms with van der Waals surface area (Å²) in [7, 11) is 0. The van der Waals surface area contributed by atoms with Gasteiger partial charge in [0.1, 0.15) is 6.10 Å². The minimum Gasteiger partial charge on any atom is -0.462 e. The Morgan fingerprint density at radius 1 is 1.27 bits per heavy atom. The maximum Gasteiger partial charge on any atom is 0.310 e. The lowest BCUT2D eigenvalue weighted by molar-refractivity contribution is -0.145. The van der Waals surface area contributed by atoms with E-state index in [2.05, 4.69) is 21.2 Å². The molecule has 0 radical (unpaired) electrons. The van der Waals surface area contributed by atoms with E-state index in [9.17, 15) is 9.59 Å². The van der Waals surface area contributed by atoms with Crippen molar-refractivity contribution in [1.29, 1.82) is 0 Å². The standard InChI is InChI=1S/C15H12BrCl2NO3/c16-7-1-2-8(13(18)12(7)17)19-14(20)10-5-3-6-9(4-5)22-15(21)11(6)10/h1-2,5-6,9-11H,3-4H2,(H,19,20)/t5-,6-,9+,10+,11-/m0/s1. The lowest BCUT2D eigenvalue weighted by Crippen LogP contribution is -2.35. The van der Waals surface area contributed by atoms with E-state index in [0.29, 0.717) is 20.2 Å². The number of anilines is 1. The van der Waals surface area contributed by atoms with Gasteiger partial charge in [0.05, 0.1) is 27.6 Å². The highest BCUT2D eigenvalue weighted by atomic mass is 79.9. The van der Waals surface area contributed by atoms with E-state index in [1.54, 1.807) is 12.1 Å². The first kappa shape index (κ1) is 14.8. The van der Waals surface area contributed by atoms with Gasteiger partial charge in [0, 0.05) is 10.4 Å². The molecule has 0 unspecified atom stereocenters. The fourth-order valence-electron chi connectivity index (χ4n) is 4.20. The highest BCUT2D eigenvalue weighted by Crippen LogP contribution is 2.57. The van der Waals surface area contributed by atoms with Gasteiger partial charge in [-0.2, -0.15) is 0 Å². The van der Waals surface area contributed by atoms with Gasteiger partial charge in [0.15, 0.2) is 0 Å². The van der Waals surface area contributed by atoms with Crippen LogP contribution in [0.1, 0.15) is 12.8 Å². The van der Waals surface area contributed by atoms with Crippen molar-refractivity contribution in [2.24, 2.45) is 23.7 Å². The summed E-state index contributed by atoms with van der Waals surface area (Å²) in [5.74, 6) is -0.596. The summed E-state index contributed by atoms with van der Waals surface area (Å²) in [4.78, 5) is 24.6. The van der Waals surface area contributed by atoms with Gasteiger partial charge in [0.25, 0.3) is 0 Å². The average Bonchev–Trinajstić information content (AvgIpc) is 3.09. The van der Waals surface area contributed by atoms with Crippen molar-refractivity contribution in [3.63, 3.8) is 0 Å². The van der Waals surface area contributed by atoms with Gasteiger partial charge in [-0.15, -0.1) is 0 Å². The van der Waals surface area contributed by atoms with Crippen LogP contribution in [0.15, 0.2) is 16.6 Å². The molecule has 3 aliphatic rings. The molecule has 1 saturated heterocycles. The minimum atomic E-state index is -0.324. The minimum absolute atomic E-state index is 0.0252. The molecule has 2 aliphatic carbocycles. The third-order valence-electron chi connectivity index (χ3n) is 5.08. The number of amides is 1. The molecule has 22 heavy (non-hydrogen) atoms. The van der Waals surface area contributed by atoms with Crippen LogP contribution >= 0.6 is 39.1 Å². The average molecular weight is 405 g/mol.